The molecule has 0 spiro atoms. The van der Waals surface area contributed by atoms with E-state index in [0.717, 1.165) is 16.5 Å². The van der Waals surface area contributed by atoms with Gasteiger partial charge in [-0.2, -0.15) is 0 Å². The lowest BCUT2D eigenvalue weighted by molar-refractivity contribution is -0.122. The molecule has 16 heavy (non-hydrogen) atoms. The number of hydrogen-bond acceptors (Lipinski definition) is 1. The maximum atomic E-state index is 11.8. The molecular weight excluding hydrogens is 266 g/mol. The van der Waals surface area contributed by atoms with Crippen molar-refractivity contribution in [1.29, 1.82) is 0 Å². The van der Waals surface area contributed by atoms with Gasteiger partial charge in [-0.25, -0.2) is 0 Å². The van der Waals surface area contributed by atoms with E-state index < -0.39 is 0 Å². The second kappa shape index (κ2) is 5.48. The van der Waals surface area contributed by atoms with E-state index in [2.05, 4.69) is 28.2 Å². The molecule has 3 heteroatoms. The lowest BCUT2D eigenvalue weighted by Gasteiger charge is -2.24. The molecule has 1 amide bonds. The van der Waals surface area contributed by atoms with Gasteiger partial charge in [0.2, 0.25) is 5.91 Å². The van der Waals surface area contributed by atoms with Gasteiger partial charge in [-0.1, -0.05) is 35.0 Å². The molecule has 0 heterocycles. The number of rotatable bonds is 4. The molecule has 0 atom stereocenters. The third-order valence-corrected chi connectivity index (χ3v) is 3.11. The van der Waals surface area contributed by atoms with Crippen molar-refractivity contribution in [2.45, 2.75) is 39.2 Å². The van der Waals surface area contributed by atoms with E-state index >= 15 is 0 Å². The highest BCUT2D eigenvalue weighted by Gasteiger charge is 2.17. The van der Waals surface area contributed by atoms with Crippen LogP contribution >= 0.6 is 15.9 Å². The zero-order chi connectivity index (χ0) is 12.2. The summed E-state index contributed by atoms with van der Waals surface area (Å²) in [4.78, 5) is 11.8. The van der Waals surface area contributed by atoms with Crippen molar-refractivity contribution < 1.29 is 4.79 Å². The zero-order valence-corrected chi connectivity index (χ0v) is 11.6. The lowest BCUT2D eigenvalue weighted by atomic mass is 10.0. The minimum atomic E-state index is -0.122. The highest BCUT2D eigenvalue weighted by molar-refractivity contribution is 9.10. The Bertz CT molecular complexity index is 374. The molecule has 0 unspecified atom stereocenters. The molecule has 0 radical (unpaired) electrons. The van der Waals surface area contributed by atoms with Crippen molar-refractivity contribution in [2.24, 2.45) is 0 Å². The number of amides is 1. The van der Waals surface area contributed by atoms with Crippen LogP contribution in [0.2, 0.25) is 0 Å². The summed E-state index contributed by atoms with van der Waals surface area (Å²) in [6.45, 7) is 6.14. The molecule has 0 bridgehead atoms. The Labute approximate surface area is 106 Å². The van der Waals surface area contributed by atoms with Crippen LogP contribution < -0.4 is 5.32 Å². The average Bonchev–Trinajstić information content (AvgIpc) is 2.16. The normalized spacial score (nSPS) is 11.2. The topological polar surface area (TPSA) is 29.1 Å². The first-order valence-corrected chi connectivity index (χ1v) is 6.28. The molecule has 0 aliphatic heterocycles. The minimum Gasteiger partial charge on any atom is -0.351 e. The summed E-state index contributed by atoms with van der Waals surface area (Å²) in [5.41, 5.74) is 0.905. The van der Waals surface area contributed by atoms with Gasteiger partial charge in [-0.3, -0.25) is 4.79 Å². The fraction of sp³-hybridized carbons (Fsp3) is 0.462. The van der Waals surface area contributed by atoms with E-state index in [1.807, 2.05) is 38.1 Å². The first-order valence-electron chi connectivity index (χ1n) is 5.48. The average molecular weight is 284 g/mol. The van der Waals surface area contributed by atoms with Gasteiger partial charge in [-0.05, 0) is 38.0 Å². The summed E-state index contributed by atoms with van der Waals surface area (Å²) in [6.07, 6.45) is 1.36. The van der Waals surface area contributed by atoms with Crippen LogP contribution in [0.15, 0.2) is 28.7 Å². The Hall–Kier alpha value is -0.830. The number of benzene rings is 1. The fourth-order valence-corrected chi connectivity index (χ4v) is 1.79. The van der Waals surface area contributed by atoms with E-state index in [9.17, 15) is 4.79 Å². The maximum absolute atomic E-state index is 11.8. The quantitative estimate of drug-likeness (QED) is 0.903. The lowest BCUT2D eigenvalue weighted by Crippen LogP contribution is -2.43. The molecule has 0 aromatic heterocycles. The van der Waals surface area contributed by atoms with Crippen LogP contribution in [0.4, 0.5) is 0 Å². The highest BCUT2D eigenvalue weighted by atomic mass is 79.9. The van der Waals surface area contributed by atoms with Gasteiger partial charge >= 0.3 is 0 Å². The SMILES string of the molecule is CCC(C)(C)NC(=O)Cc1cccc(Br)c1. The van der Waals surface area contributed by atoms with Crippen LogP contribution in [-0.4, -0.2) is 11.4 Å². The molecule has 1 aromatic carbocycles. The van der Waals surface area contributed by atoms with Gasteiger partial charge in [0.05, 0.1) is 6.42 Å². The first kappa shape index (κ1) is 13.2. The first-order chi connectivity index (χ1) is 7.43. The van der Waals surface area contributed by atoms with Gasteiger partial charge in [-0.15, -0.1) is 0 Å². The molecule has 0 saturated carbocycles. The molecule has 2 nitrogen and oxygen atoms in total. The number of nitrogens with one attached hydrogen (secondary N) is 1. The van der Waals surface area contributed by atoms with Crippen LogP contribution in [-0.2, 0) is 11.2 Å². The maximum Gasteiger partial charge on any atom is 0.224 e. The zero-order valence-electron chi connectivity index (χ0n) is 10.0. The molecule has 88 valence electrons. The van der Waals surface area contributed by atoms with Crippen molar-refractivity contribution in [2.75, 3.05) is 0 Å². The van der Waals surface area contributed by atoms with Crippen molar-refractivity contribution >= 4 is 21.8 Å². The van der Waals surface area contributed by atoms with Gasteiger partial charge in [0.15, 0.2) is 0 Å². The predicted molar refractivity (Wildman–Crippen MR) is 70.4 cm³/mol. The van der Waals surface area contributed by atoms with Crippen molar-refractivity contribution in [3.8, 4) is 0 Å². The summed E-state index contributed by atoms with van der Waals surface area (Å²) in [5, 5.41) is 3.02. The Morgan fingerprint density at radius 1 is 1.44 bits per heavy atom. The van der Waals surface area contributed by atoms with Crippen LogP contribution in [0, 0.1) is 0 Å². The molecule has 0 saturated heterocycles. The van der Waals surface area contributed by atoms with E-state index in [4.69, 9.17) is 0 Å². The fourth-order valence-electron chi connectivity index (χ4n) is 1.34. The summed E-state index contributed by atoms with van der Waals surface area (Å²) in [6, 6.07) is 7.83. The van der Waals surface area contributed by atoms with Crippen LogP contribution in [0.1, 0.15) is 32.8 Å². The van der Waals surface area contributed by atoms with E-state index in [0.29, 0.717) is 6.42 Å². The van der Waals surface area contributed by atoms with Crippen LogP contribution in [0.3, 0.4) is 0 Å². The molecule has 0 fully saturated rings. The number of carbonyl (C=O) groups is 1. The van der Waals surface area contributed by atoms with Gasteiger partial charge < -0.3 is 5.32 Å². The Kier molecular flexibility index (Phi) is 4.54. The molecule has 1 aromatic rings. The molecule has 0 aliphatic carbocycles. The Morgan fingerprint density at radius 3 is 2.69 bits per heavy atom. The second-order valence-corrected chi connectivity index (χ2v) is 5.51. The van der Waals surface area contributed by atoms with Crippen LogP contribution in [0.5, 0.6) is 0 Å². The summed E-state index contributed by atoms with van der Waals surface area (Å²) < 4.78 is 1.01. The third-order valence-electron chi connectivity index (χ3n) is 2.62. The summed E-state index contributed by atoms with van der Waals surface area (Å²) in [5.74, 6) is 0.0740. The molecule has 0 aliphatic rings. The molecule has 1 N–H and O–H groups in total. The van der Waals surface area contributed by atoms with Gasteiger partial charge in [0, 0.05) is 10.0 Å². The number of hydrogen-bond donors (Lipinski definition) is 1. The second-order valence-electron chi connectivity index (χ2n) is 4.59. The number of halogens is 1. The monoisotopic (exact) mass is 283 g/mol. The third kappa shape index (κ3) is 4.35. The van der Waals surface area contributed by atoms with Crippen molar-refractivity contribution in [1.82, 2.24) is 5.32 Å². The molecule has 1 rings (SSSR count). The van der Waals surface area contributed by atoms with Crippen LogP contribution in [0.25, 0.3) is 0 Å². The highest BCUT2D eigenvalue weighted by Crippen LogP contribution is 2.13. The van der Waals surface area contributed by atoms with E-state index in [1.165, 1.54) is 0 Å². The minimum absolute atomic E-state index is 0.0740. The smallest absolute Gasteiger partial charge is 0.224 e. The predicted octanol–water partition coefficient (Wildman–Crippen LogP) is 3.30. The van der Waals surface area contributed by atoms with E-state index in [1.54, 1.807) is 0 Å². The van der Waals surface area contributed by atoms with E-state index in [-0.39, 0.29) is 11.4 Å². The van der Waals surface area contributed by atoms with Gasteiger partial charge in [0.1, 0.15) is 0 Å². The largest absolute Gasteiger partial charge is 0.351 e. The molecular formula is C13H18BrNO. The van der Waals surface area contributed by atoms with Gasteiger partial charge in [0.25, 0.3) is 0 Å². The summed E-state index contributed by atoms with van der Waals surface area (Å²) in [7, 11) is 0. The van der Waals surface area contributed by atoms with Crippen molar-refractivity contribution in [3.63, 3.8) is 0 Å². The standard InChI is InChI=1S/C13H18BrNO/c1-4-13(2,3)15-12(16)9-10-6-5-7-11(14)8-10/h5-8H,4,9H2,1-3H3,(H,15,16). The summed E-state index contributed by atoms with van der Waals surface area (Å²) >= 11 is 3.40. The Morgan fingerprint density at radius 2 is 2.12 bits per heavy atom. The Balaban J connectivity index is 2.59. The van der Waals surface area contributed by atoms with Crippen molar-refractivity contribution in [3.05, 3.63) is 34.3 Å². The number of carbonyl (C=O) groups excluding carboxylic acids is 1.